The predicted molar refractivity (Wildman–Crippen MR) is 136 cm³/mol. The first-order valence-corrected chi connectivity index (χ1v) is 12.2. The summed E-state index contributed by atoms with van der Waals surface area (Å²) in [7, 11) is 0. The fourth-order valence-corrected chi connectivity index (χ4v) is 3.94. The van der Waals surface area contributed by atoms with Gasteiger partial charge in [0.05, 0.1) is 13.2 Å². The second kappa shape index (κ2) is 13.0. The molecule has 8 nitrogen and oxygen atoms in total. The van der Waals surface area contributed by atoms with Crippen LogP contribution in [0.25, 0.3) is 11.5 Å². The minimum atomic E-state index is 0.427. The molecule has 35 heavy (non-hydrogen) atoms. The lowest BCUT2D eigenvalue weighted by molar-refractivity contribution is 0.118. The molecule has 8 heteroatoms. The molecule has 2 aromatic heterocycles. The summed E-state index contributed by atoms with van der Waals surface area (Å²) < 4.78 is 23.1. The summed E-state index contributed by atoms with van der Waals surface area (Å²) >= 11 is 0. The van der Waals surface area contributed by atoms with E-state index in [4.69, 9.17) is 18.6 Å². The van der Waals surface area contributed by atoms with E-state index in [1.807, 2.05) is 43.3 Å². The quantitative estimate of drug-likeness (QED) is 0.250. The molecule has 1 aromatic carbocycles. The van der Waals surface area contributed by atoms with Crippen molar-refractivity contribution in [3.63, 3.8) is 0 Å². The van der Waals surface area contributed by atoms with Gasteiger partial charge in [-0.2, -0.15) is 0 Å². The first-order valence-electron chi connectivity index (χ1n) is 12.2. The highest BCUT2D eigenvalue weighted by Gasteiger charge is 2.13. The fourth-order valence-electron chi connectivity index (χ4n) is 3.94. The standard InChI is InChI=1S/C27H34N4O4/c1-3-16-33-19-21-18-22(7-9-25(21)34-17-15-31-13-5-6-14-31)29-27-28-12-11-24(30-27)26-10-8-23(35-26)20-32-4-2/h3,7-12,18H,1,4-6,13-17,19-20H2,2H3,(H,28,29,30). The van der Waals surface area contributed by atoms with E-state index in [2.05, 4.69) is 26.8 Å². The smallest absolute Gasteiger partial charge is 0.227 e. The molecule has 0 bridgehead atoms. The van der Waals surface area contributed by atoms with Gasteiger partial charge >= 0.3 is 0 Å². The highest BCUT2D eigenvalue weighted by atomic mass is 16.5. The Bertz CT molecular complexity index is 1080. The van der Waals surface area contributed by atoms with Gasteiger partial charge in [-0.1, -0.05) is 6.08 Å². The number of hydrogen-bond acceptors (Lipinski definition) is 8. The Balaban J connectivity index is 1.43. The van der Waals surface area contributed by atoms with Crippen LogP contribution in [0.2, 0.25) is 0 Å². The molecule has 1 saturated heterocycles. The minimum absolute atomic E-state index is 0.427. The number of furan rings is 1. The van der Waals surface area contributed by atoms with Crippen LogP contribution < -0.4 is 10.1 Å². The number of hydrogen-bond donors (Lipinski definition) is 1. The van der Waals surface area contributed by atoms with Gasteiger partial charge in [-0.05, 0) is 69.3 Å². The van der Waals surface area contributed by atoms with E-state index in [0.717, 1.165) is 42.4 Å². The Morgan fingerprint density at radius 2 is 2.00 bits per heavy atom. The Kier molecular flexibility index (Phi) is 9.28. The molecule has 0 unspecified atom stereocenters. The topological polar surface area (TPSA) is 81.9 Å². The van der Waals surface area contributed by atoms with Crippen molar-refractivity contribution in [3.05, 3.63) is 66.6 Å². The van der Waals surface area contributed by atoms with E-state index in [1.54, 1.807) is 12.3 Å². The summed E-state index contributed by atoms with van der Waals surface area (Å²) in [6.07, 6.45) is 6.00. The van der Waals surface area contributed by atoms with Gasteiger partial charge in [0, 0.05) is 30.6 Å². The molecule has 1 aliphatic heterocycles. The van der Waals surface area contributed by atoms with Crippen molar-refractivity contribution in [2.75, 3.05) is 44.8 Å². The van der Waals surface area contributed by atoms with E-state index < -0.39 is 0 Å². The van der Waals surface area contributed by atoms with Crippen molar-refractivity contribution < 1.29 is 18.6 Å². The molecule has 3 aromatic rings. The highest BCUT2D eigenvalue weighted by molar-refractivity contribution is 5.60. The normalized spacial score (nSPS) is 13.7. The van der Waals surface area contributed by atoms with Crippen molar-refractivity contribution in [2.45, 2.75) is 33.0 Å². The molecule has 0 radical (unpaired) electrons. The number of ether oxygens (including phenoxy) is 3. The largest absolute Gasteiger partial charge is 0.492 e. The van der Waals surface area contributed by atoms with Crippen molar-refractivity contribution in [3.8, 4) is 17.2 Å². The maximum atomic E-state index is 6.11. The molecule has 0 spiro atoms. The first kappa shape index (κ1) is 24.9. The van der Waals surface area contributed by atoms with Gasteiger partial charge in [0.25, 0.3) is 0 Å². The average molecular weight is 479 g/mol. The number of anilines is 2. The van der Waals surface area contributed by atoms with E-state index in [9.17, 15) is 0 Å². The lowest BCUT2D eigenvalue weighted by atomic mass is 10.2. The minimum Gasteiger partial charge on any atom is -0.492 e. The highest BCUT2D eigenvalue weighted by Crippen LogP contribution is 2.27. The van der Waals surface area contributed by atoms with Gasteiger partial charge in [0.1, 0.15) is 30.4 Å². The summed E-state index contributed by atoms with van der Waals surface area (Å²) in [4.78, 5) is 11.4. The molecule has 0 aliphatic carbocycles. The number of nitrogens with one attached hydrogen (secondary N) is 1. The summed E-state index contributed by atoms with van der Waals surface area (Å²) in [5.41, 5.74) is 2.51. The number of benzene rings is 1. The average Bonchev–Trinajstić information content (AvgIpc) is 3.57. The molecule has 4 rings (SSSR count). The number of nitrogens with zero attached hydrogens (tertiary/aromatic N) is 3. The third kappa shape index (κ3) is 7.39. The monoisotopic (exact) mass is 478 g/mol. The fraction of sp³-hybridized carbons (Fsp3) is 0.407. The molecule has 0 atom stereocenters. The third-order valence-corrected chi connectivity index (χ3v) is 5.69. The van der Waals surface area contributed by atoms with Crippen molar-refractivity contribution >= 4 is 11.6 Å². The van der Waals surface area contributed by atoms with Gasteiger partial charge in [0.15, 0.2) is 5.76 Å². The van der Waals surface area contributed by atoms with Gasteiger partial charge in [-0.25, -0.2) is 9.97 Å². The van der Waals surface area contributed by atoms with Gasteiger partial charge in [0.2, 0.25) is 5.95 Å². The molecule has 3 heterocycles. The van der Waals surface area contributed by atoms with Crippen LogP contribution in [0.5, 0.6) is 5.75 Å². The molecule has 0 amide bonds. The Morgan fingerprint density at radius 1 is 1.11 bits per heavy atom. The zero-order valence-electron chi connectivity index (χ0n) is 20.4. The van der Waals surface area contributed by atoms with Crippen molar-refractivity contribution in [1.82, 2.24) is 14.9 Å². The lowest BCUT2D eigenvalue weighted by Crippen LogP contribution is -2.25. The zero-order chi connectivity index (χ0) is 24.3. The summed E-state index contributed by atoms with van der Waals surface area (Å²) in [6.45, 7) is 11.6. The van der Waals surface area contributed by atoms with Crippen LogP contribution in [0.3, 0.4) is 0 Å². The van der Waals surface area contributed by atoms with Crippen LogP contribution in [0.1, 0.15) is 31.1 Å². The maximum absolute atomic E-state index is 6.11. The van der Waals surface area contributed by atoms with Crippen molar-refractivity contribution in [2.24, 2.45) is 0 Å². The van der Waals surface area contributed by atoms with E-state index in [1.165, 1.54) is 12.8 Å². The summed E-state index contributed by atoms with van der Waals surface area (Å²) in [6, 6.07) is 11.6. The molecular weight excluding hydrogens is 444 g/mol. The van der Waals surface area contributed by atoms with Crippen LogP contribution in [-0.4, -0.2) is 54.3 Å². The van der Waals surface area contributed by atoms with Crippen LogP contribution in [-0.2, 0) is 22.7 Å². The molecule has 1 aliphatic rings. The van der Waals surface area contributed by atoms with Gasteiger partial charge in [-0.3, -0.25) is 4.90 Å². The molecule has 0 saturated carbocycles. The van der Waals surface area contributed by atoms with Crippen LogP contribution in [0.15, 0.2) is 59.7 Å². The van der Waals surface area contributed by atoms with Gasteiger partial charge in [-0.15, -0.1) is 6.58 Å². The number of aromatic nitrogens is 2. The van der Waals surface area contributed by atoms with Crippen LogP contribution >= 0.6 is 0 Å². The predicted octanol–water partition coefficient (Wildman–Crippen LogP) is 5.19. The Labute approximate surface area is 206 Å². The molecular formula is C27H34N4O4. The van der Waals surface area contributed by atoms with Crippen LogP contribution in [0.4, 0.5) is 11.6 Å². The molecule has 1 fully saturated rings. The molecule has 186 valence electrons. The summed E-state index contributed by atoms with van der Waals surface area (Å²) in [5, 5.41) is 3.29. The second-order valence-corrected chi connectivity index (χ2v) is 8.32. The molecule has 1 N–H and O–H groups in total. The number of likely N-dealkylation sites (tertiary alicyclic amines) is 1. The maximum Gasteiger partial charge on any atom is 0.227 e. The summed E-state index contributed by atoms with van der Waals surface area (Å²) in [5.74, 6) is 2.74. The number of rotatable bonds is 14. The van der Waals surface area contributed by atoms with E-state index in [0.29, 0.717) is 50.4 Å². The van der Waals surface area contributed by atoms with E-state index in [-0.39, 0.29) is 0 Å². The van der Waals surface area contributed by atoms with Crippen LogP contribution in [0, 0.1) is 0 Å². The second-order valence-electron chi connectivity index (χ2n) is 8.32. The first-order chi connectivity index (χ1) is 17.2. The Hall–Kier alpha value is -3.20. The lowest BCUT2D eigenvalue weighted by Gasteiger charge is -2.17. The van der Waals surface area contributed by atoms with Gasteiger partial charge < -0.3 is 23.9 Å². The Morgan fingerprint density at radius 3 is 2.83 bits per heavy atom. The van der Waals surface area contributed by atoms with Crippen molar-refractivity contribution in [1.29, 1.82) is 0 Å². The SMILES string of the molecule is C=CCOCc1cc(Nc2nccc(-c3ccc(COCC)o3)n2)ccc1OCCN1CCCC1. The third-order valence-electron chi connectivity index (χ3n) is 5.69. The van der Waals surface area contributed by atoms with E-state index >= 15 is 0 Å². The zero-order valence-corrected chi connectivity index (χ0v) is 20.4.